The maximum atomic E-state index is 13.1. The predicted molar refractivity (Wildman–Crippen MR) is 148 cm³/mol. The molecule has 1 saturated heterocycles. The Labute approximate surface area is 222 Å². The first kappa shape index (κ1) is 24.1. The monoisotopic (exact) mass is 505 g/mol. The Balaban J connectivity index is 1.04. The Kier molecular flexibility index (Phi) is 6.75. The summed E-state index contributed by atoms with van der Waals surface area (Å²) in [5.74, 6) is 0.867. The maximum absolute atomic E-state index is 13.1. The van der Waals surface area contributed by atoms with Crippen molar-refractivity contribution in [2.75, 3.05) is 20.1 Å². The van der Waals surface area contributed by atoms with Crippen LogP contribution in [0.25, 0.3) is 16.4 Å². The number of benzene rings is 3. The predicted octanol–water partition coefficient (Wildman–Crippen LogP) is 5.20. The number of nitrogens with zero attached hydrogens (tertiary/aromatic N) is 5. The molecular formula is C31H31N5O2. The highest BCUT2D eigenvalue weighted by Crippen LogP contribution is 2.24. The zero-order chi connectivity index (χ0) is 25.9. The van der Waals surface area contributed by atoms with Crippen LogP contribution in [0.2, 0.25) is 0 Å². The molecular weight excluding hydrogens is 474 g/mol. The summed E-state index contributed by atoms with van der Waals surface area (Å²) in [4.78, 5) is 21.6. The lowest BCUT2D eigenvalue weighted by Gasteiger charge is -2.32. The number of carbonyl (C=O) groups is 1. The molecule has 0 unspecified atom stereocenters. The van der Waals surface area contributed by atoms with Gasteiger partial charge in [0, 0.05) is 51.4 Å². The Hall–Kier alpha value is -4.23. The minimum Gasteiger partial charge on any atom is -0.490 e. The van der Waals surface area contributed by atoms with Gasteiger partial charge >= 0.3 is 0 Å². The molecule has 5 aromatic rings. The summed E-state index contributed by atoms with van der Waals surface area (Å²) in [6.45, 7) is 3.02. The number of amides is 1. The Morgan fingerprint density at radius 3 is 2.71 bits per heavy atom. The molecule has 0 atom stereocenters. The van der Waals surface area contributed by atoms with Gasteiger partial charge in [0.1, 0.15) is 17.4 Å². The van der Waals surface area contributed by atoms with Gasteiger partial charge in [0.2, 0.25) is 0 Å². The van der Waals surface area contributed by atoms with Gasteiger partial charge in [-0.15, -0.1) is 0 Å². The third-order valence-corrected chi connectivity index (χ3v) is 7.21. The van der Waals surface area contributed by atoms with E-state index in [9.17, 15) is 4.79 Å². The smallest absolute Gasteiger partial charge is 0.259 e. The number of carbonyl (C=O) groups excluding carboxylic acids is 1. The molecule has 0 saturated carbocycles. The first-order chi connectivity index (χ1) is 18.6. The molecule has 2 aromatic heterocycles. The SMILES string of the molecule is CN(Cc1cccc(OC2CCN(C(=O)c3cnn4cccnc34)CC2)c1)Cc1cccc2ccccc12. The summed E-state index contributed by atoms with van der Waals surface area (Å²) in [6, 6.07) is 25.2. The first-order valence-corrected chi connectivity index (χ1v) is 13.1. The van der Waals surface area contributed by atoms with Crippen LogP contribution in [-0.4, -0.2) is 56.5 Å². The van der Waals surface area contributed by atoms with Crippen LogP contribution in [0.15, 0.2) is 91.4 Å². The van der Waals surface area contributed by atoms with Crippen LogP contribution in [0.5, 0.6) is 5.75 Å². The summed E-state index contributed by atoms with van der Waals surface area (Å²) >= 11 is 0. The van der Waals surface area contributed by atoms with E-state index in [2.05, 4.69) is 82.7 Å². The van der Waals surface area contributed by atoms with E-state index in [1.165, 1.54) is 21.9 Å². The lowest BCUT2D eigenvalue weighted by molar-refractivity contribution is 0.0597. The van der Waals surface area contributed by atoms with Gasteiger partial charge in [-0.2, -0.15) is 5.10 Å². The minimum absolute atomic E-state index is 0.0200. The molecule has 7 nitrogen and oxygen atoms in total. The van der Waals surface area contributed by atoms with Gasteiger partial charge in [-0.05, 0) is 47.1 Å². The van der Waals surface area contributed by atoms with Crippen molar-refractivity contribution in [2.45, 2.75) is 32.0 Å². The van der Waals surface area contributed by atoms with Gasteiger partial charge in [0.25, 0.3) is 5.91 Å². The fourth-order valence-corrected chi connectivity index (χ4v) is 5.32. The Bertz CT molecular complexity index is 1570. The zero-order valence-electron chi connectivity index (χ0n) is 21.5. The highest BCUT2D eigenvalue weighted by Gasteiger charge is 2.27. The topological polar surface area (TPSA) is 63.0 Å². The van der Waals surface area contributed by atoms with Crippen molar-refractivity contribution in [3.05, 3.63) is 108 Å². The van der Waals surface area contributed by atoms with E-state index in [1.807, 2.05) is 11.0 Å². The normalized spacial score (nSPS) is 14.4. The third kappa shape index (κ3) is 5.10. The van der Waals surface area contributed by atoms with Crippen LogP contribution < -0.4 is 4.74 Å². The van der Waals surface area contributed by atoms with Crippen molar-refractivity contribution < 1.29 is 9.53 Å². The van der Waals surface area contributed by atoms with Gasteiger partial charge in [-0.25, -0.2) is 9.50 Å². The molecule has 7 heteroatoms. The number of aromatic nitrogens is 3. The van der Waals surface area contributed by atoms with E-state index in [0.717, 1.165) is 31.7 Å². The van der Waals surface area contributed by atoms with Crippen LogP contribution in [0, 0.1) is 0 Å². The summed E-state index contributed by atoms with van der Waals surface area (Å²) < 4.78 is 7.99. The number of fused-ring (bicyclic) bond motifs is 2. The molecule has 0 aliphatic carbocycles. The highest BCUT2D eigenvalue weighted by molar-refractivity contribution is 5.99. The molecule has 3 aromatic carbocycles. The second kappa shape index (κ2) is 10.6. The fraction of sp³-hybridized carbons (Fsp3) is 0.258. The van der Waals surface area contributed by atoms with Crippen LogP contribution in [0.1, 0.15) is 34.3 Å². The van der Waals surface area contributed by atoms with Crippen molar-refractivity contribution >= 4 is 22.3 Å². The summed E-state index contributed by atoms with van der Waals surface area (Å²) in [6.07, 6.45) is 6.77. The molecule has 38 heavy (non-hydrogen) atoms. The van der Waals surface area contributed by atoms with Crippen LogP contribution in [0.4, 0.5) is 0 Å². The molecule has 1 aliphatic heterocycles. The van der Waals surface area contributed by atoms with Crippen molar-refractivity contribution in [1.82, 2.24) is 24.4 Å². The molecule has 0 N–H and O–H groups in total. The van der Waals surface area contributed by atoms with E-state index in [0.29, 0.717) is 24.3 Å². The summed E-state index contributed by atoms with van der Waals surface area (Å²) in [5.41, 5.74) is 3.70. The zero-order valence-corrected chi connectivity index (χ0v) is 21.5. The molecule has 192 valence electrons. The Morgan fingerprint density at radius 2 is 1.82 bits per heavy atom. The molecule has 1 fully saturated rings. The highest BCUT2D eigenvalue weighted by atomic mass is 16.5. The van der Waals surface area contributed by atoms with E-state index < -0.39 is 0 Å². The van der Waals surface area contributed by atoms with E-state index >= 15 is 0 Å². The van der Waals surface area contributed by atoms with Gasteiger partial charge in [0.05, 0.1) is 6.20 Å². The molecule has 3 heterocycles. The number of hydrogen-bond donors (Lipinski definition) is 0. The van der Waals surface area contributed by atoms with Gasteiger partial charge < -0.3 is 9.64 Å². The molecule has 6 rings (SSSR count). The number of rotatable bonds is 7. The average molecular weight is 506 g/mol. The van der Waals surface area contributed by atoms with Crippen molar-refractivity contribution in [3.63, 3.8) is 0 Å². The van der Waals surface area contributed by atoms with E-state index in [1.54, 1.807) is 29.2 Å². The lowest BCUT2D eigenvalue weighted by atomic mass is 10.0. The maximum Gasteiger partial charge on any atom is 0.259 e. The summed E-state index contributed by atoms with van der Waals surface area (Å²) in [5, 5.41) is 6.83. The van der Waals surface area contributed by atoms with Crippen LogP contribution in [0.3, 0.4) is 0 Å². The summed E-state index contributed by atoms with van der Waals surface area (Å²) in [7, 11) is 2.15. The number of likely N-dealkylation sites (tertiary alicyclic amines) is 1. The van der Waals surface area contributed by atoms with Crippen LogP contribution in [-0.2, 0) is 13.1 Å². The number of ether oxygens (including phenoxy) is 1. The van der Waals surface area contributed by atoms with Crippen molar-refractivity contribution in [2.24, 2.45) is 0 Å². The standard InChI is InChI=1S/C31H31N5O2/c1-34(22-25-10-5-9-24-8-2-3-12-28(24)25)21-23-7-4-11-27(19-23)38-26-13-17-35(18-14-26)31(37)29-20-33-36-16-6-15-32-30(29)36/h2-12,15-16,19-20,26H,13-14,17-18,21-22H2,1H3. The molecule has 1 amide bonds. The van der Waals surface area contributed by atoms with E-state index in [-0.39, 0.29) is 12.0 Å². The molecule has 0 bridgehead atoms. The number of piperidine rings is 1. The molecule has 1 aliphatic rings. The van der Waals surface area contributed by atoms with Gasteiger partial charge in [-0.3, -0.25) is 9.69 Å². The van der Waals surface area contributed by atoms with Crippen molar-refractivity contribution in [3.8, 4) is 5.75 Å². The second-order valence-corrected chi connectivity index (χ2v) is 10.0. The van der Waals surface area contributed by atoms with Crippen molar-refractivity contribution in [1.29, 1.82) is 0 Å². The number of hydrogen-bond acceptors (Lipinski definition) is 5. The minimum atomic E-state index is -0.0200. The quantitative estimate of drug-likeness (QED) is 0.304. The second-order valence-electron chi connectivity index (χ2n) is 10.0. The Morgan fingerprint density at radius 1 is 1.00 bits per heavy atom. The van der Waals surface area contributed by atoms with Gasteiger partial charge in [-0.1, -0.05) is 54.6 Å². The molecule has 0 spiro atoms. The fourth-order valence-electron chi connectivity index (χ4n) is 5.32. The first-order valence-electron chi connectivity index (χ1n) is 13.1. The van der Waals surface area contributed by atoms with E-state index in [4.69, 9.17) is 4.74 Å². The van der Waals surface area contributed by atoms with Gasteiger partial charge in [0.15, 0.2) is 5.65 Å². The largest absolute Gasteiger partial charge is 0.490 e. The average Bonchev–Trinajstić information content (AvgIpc) is 3.38. The molecule has 0 radical (unpaired) electrons. The lowest BCUT2D eigenvalue weighted by Crippen LogP contribution is -2.41. The van der Waals surface area contributed by atoms with Crippen LogP contribution >= 0.6 is 0 Å². The third-order valence-electron chi connectivity index (χ3n) is 7.21.